The summed E-state index contributed by atoms with van der Waals surface area (Å²) in [6, 6.07) is 0.650. The molecular weight excluding hydrogens is 184 g/mol. The van der Waals surface area contributed by atoms with Gasteiger partial charge < -0.3 is 5.32 Å². The van der Waals surface area contributed by atoms with Crippen LogP contribution in [0.15, 0.2) is 0 Å². The topological polar surface area (TPSA) is 15.3 Å². The van der Waals surface area contributed by atoms with Gasteiger partial charge in [0.15, 0.2) is 0 Å². The number of hydrogen-bond donors (Lipinski definition) is 1. The van der Waals surface area contributed by atoms with Gasteiger partial charge in [-0.1, -0.05) is 27.7 Å². The molecule has 0 aliphatic carbocycles. The molecule has 90 valence electrons. The van der Waals surface area contributed by atoms with Crippen LogP contribution in [0.1, 0.15) is 41.5 Å². The van der Waals surface area contributed by atoms with Crippen LogP contribution < -0.4 is 5.32 Å². The molecule has 0 amide bonds. The molecule has 0 saturated carbocycles. The summed E-state index contributed by atoms with van der Waals surface area (Å²) in [5, 5.41) is 3.58. The molecule has 0 spiro atoms. The maximum absolute atomic E-state index is 3.58. The number of nitrogens with zero attached hydrogens (tertiary/aromatic N) is 1. The van der Waals surface area contributed by atoms with E-state index in [-0.39, 0.29) is 0 Å². The van der Waals surface area contributed by atoms with Gasteiger partial charge in [0.2, 0.25) is 0 Å². The lowest BCUT2D eigenvalue weighted by Crippen LogP contribution is -2.68. The summed E-state index contributed by atoms with van der Waals surface area (Å²) in [5.74, 6) is 1.40. The Hall–Kier alpha value is -0.0800. The Morgan fingerprint density at radius 1 is 1.00 bits per heavy atom. The minimum Gasteiger partial charge on any atom is -0.314 e. The van der Waals surface area contributed by atoms with Gasteiger partial charge in [0.25, 0.3) is 0 Å². The van der Waals surface area contributed by atoms with E-state index in [0.717, 1.165) is 13.1 Å². The smallest absolute Gasteiger partial charge is 0.0382 e. The van der Waals surface area contributed by atoms with Gasteiger partial charge >= 0.3 is 0 Å². The maximum Gasteiger partial charge on any atom is 0.0382 e. The summed E-state index contributed by atoms with van der Waals surface area (Å²) < 4.78 is 0. The van der Waals surface area contributed by atoms with Gasteiger partial charge in [-0.25, -0.2) is 0 Å². The second kappa shape index (κ2) is 4.84. The number of nitrogens with one attached hydrogen (secondary N) is 1. The second-order valence-corrected chi connectivity index (χ2v) is 5.76. The summed E-state index contributed by atoms with van der Waals surface area (Å²) in [7, 11) is 0. The molecule has 1 rings (SSSR count). The van der Waals surface area contributed by atoms with Gasteiger partial charge in [0.05, 0.1) is 0 Å². The van der Waals surface area contributed by atoms with E-state index in [0.29, 0.717) is 23.4 Å². The third-order valence-corrected chi connectivity index (χ3v) is 4.10. The van der Waals surface area contributed by atoms with Gasteiger partial charge in [-0.15, -0.1) is 0 Å². The van der Waals surface area contributed by atoms with Crippen molar-refractivity contribution in [3.63, 3.8) is 0 Å². The first-order valence-corrected chi connectivity index (χ1v) is 6.40. The van der Waals surface area contributed by atoms with E-state index in [4.69, 9.17) is 0 Å². The molecule has 1 aliphatic heterocycles. The maximum atomic E-state index is 3.58. The first-order valence-electron chi connectivity index (χ1n) is 6.40. The summed E-state index contributed by atoms with van der Waals surface area (Å²) >= 11 is 0. The van der Waals surface area contributed by atoms with E-state index in [9.17, 15) is 0 Å². The van der Waals surface area contributed by atoms with Crippen molar-refractivity contribution in [1.29, 1.82) is 0 Å². The predicted molar refractivity (Wildman–Crippen MR) is 67.1 cm³/mol. The molecule has 1 saturated heterocycles. The average Bonchev–Trinajstić information content (AvgIpc) is 2.16. The third-order valence-electron chi connectivity index (χ3n) is 4.10. The normalized spacial score (nSPS) is 23.0. The van der Waals surface area contributed by atoms with Crippen LogP contribution in [-0.4, -0.2) is 36.1 Å². The molecule has 0 unspecified atom stereocenters. The van der Waals surface area contributed by atoms with Crippen molar-refractivity contribution < 1.29 is 0 Å². The Labute approximate surface area is 95.4 Å². The van der Waals surface area contributed by atoms with Crippen LogP contribution in [-0.2, 0) is 0 Å². The van der Waals surface area contributed by atoms with E-state index >= 15 is 0 Å². The molecule has 0 aromatic heterocycles. The van der Waals surface area contributed by atoms with Crippen molar-refractivity contribution in [3.05, 3.63) is 0 Å². The number of piperazine rings is 1. The van der Waals surface area contributed by atoms with Gasteiger partial charge in [0, 0.05) is 31.2 Å². The zero-order valence-corrected chi connectivity index (χ0v) is 11.3. The van der Waals surface area contributed by atoms with E-state index in [1.54, 1.807) is 0 Å². The zero-order valence-electron chi connectivity index (χ0n) is 11.3. The molecule has 1 heterocycles. The number of rotatable bonds is 3. The van der Waals surface area contributed by atoms with E-state index < -0.39 is 0 Å². The Morgan fingerprint density at radius 2 is 1.53 bits per heavy atom. The van der Waals surface area contributed by atoms with E-state index in [1.807, 2.05) is 0 Å². The molecule has 1 fully saturated rings. The first-order chi connectivity index (χ1) is 6.93. The molecule has 2 nitrogen and oxygen atoms in total. The minimum absolute atomic E-state index is 0.340. The molecule has 2 heteroatoms. The molecule has 0 aromatic carbocycles. The Balaban J connectivity index is 2.99. The van der Waals surface area contributed by atoms with E-state index in [1.165, 1.54) is 6.54 Å². The molecule has 0 atom stereocenters. The predicted octanol–water partition coefficient (Wildman–Crippen LogP) is 2.35. The lowest BCUT2D eigenvalue weighted by molar-refractivity contribution is -0.0369. The summed E-state index contributed by atoms with van der Waals surface area (Å²) in [6.45, 7) is 17.6. The van der Waals surface area contributed by atoms with Crippen LogP contribution in [0.25, 0.3) is 0 Å². The largest absolute Gasteiger partial charge is 0.314 e. The minimum atomic E-state index is 0.340. The summed E-state index contributed by atoms with van der Waals surface area (Å²) in [6.07, 6.45) is 0. The van der Waals surface area contributed by atoms with Crippen molar-refractivity contribution in [2.24, 2.45) is 11.8 Å². The highest BCUT2D eigenvalue weighted by Crippen LogP contribution is 2.35. The highest BCUT2D eigenvalue weighted by Gasteiger charge is 2.44. The van der Waals surface area contributed by atoms with Crippen LogP contribution in [0.3, 0.4) is 0 Å². The van der Waals surface area contributed by atoms with Crippen molar-refractivity contribution >= 4 is 0 Å². The fraction of sp³-hybridized carbons (Fsp3) is 1.00. The lowest BCUT2D eigenvalue weighted by Gasteiger charge is -2.55. The Bertz CT molecular complexity index is 189. The molecule has 0 radical (unpaired) electrons. The summed E-state index contributed by atoms with van der Waals surface area (Å²) in [5.41, 5.74) is 0.340. The van der Waals surface area contributed by atoms with Crippen LogP contribution in [0.4, 0.5) is 0 Å². The van der Waals surface area contributed by atoms with Crippen molar-refractivity contribution in [1.82, 2.24) is 10.2 Å². The zero-order chi connectivity index (χ0) is 11.6. The van der Waals surface area contributed by atoms with Crippen molar-refractivity contribution in [2.75, 3.05) is 19.6 Å². The molecular formula is C13H28N2. The van der Waals surface area contributed by atoms with Crippen LogP contribution >= 0.6 is 0 Å². The quantitative estimate of drug-likeness (QED) is 0.772. The van der Waals surface area contributed by atoms with Crippen molar-refractivity contribution in [2.45, 2.75) is 53.1 Å². The van der Waals surface area contributed by atoms with E-state index in [2.05, 4.69) is 51.8 Å². The second-order valence-electron chi connectivity index (χ2n) is 5.76. The monoisotopic (exact) mass is 212 g/mol. The molecule has 0 aromatic rings. The Morgan fingerprint density at radius 3 is 1.87 bits per heavy atom. The van der Waals surface area contributed by atoms with Crippen LogP contribution in [0.5, 0.6) is 0 Å². The standard InChI is InChI=1S/C13H28N2/c1-10(2)13(11(3)4)9-14-7-8-15(13)12(5)6/h10-12,14H,7-9H2,1-6H3. The third kappa shape index (κ3) is 2.21. The van der Waals surface area contributed by atoms with Gasteiger partial charge in [-0.3, -0.25) is 4.90 Å². The molecule has 1 aliphatic rings. The van der Waals surface area contributed by atoms with Crippen molar-refractivity contribution in [3.8, 4) is 0 Å². The van der Waals surface area contributed by atoms with Crippen LogP contribution in [0, 0.1) is 11.8 Å². The SMILES string of the molecule is CC(C)N1CCNCC1(C(C)C)C(C)C. The highest BCUT2D eigenvalue weighted by molar-refractivity contribution is 5.01. The molecule has 15 heavy (non-hydrogen) atoms. The van der Waals surface area contributed by atoms with Gasteiger partial charge in [-0.05, 0) is 25.7 Å². The van der Waals surface area contributed by atoms with Gasteiger partial charge in [0.1, 0.15) is 0 Å². The fourth-order valence-corrected chi connectivity index (χ4v) is 3.27. The molecule has 0 bridgehead atoms. The molecule has 1 N–H and O–H groups in total. The van der Waals surface area contributed by atoms with Crippen LogP contribution in [0.2, 0.25) is 0 Å². The summed E-state index contributed by atoms with van der Waals surface area (Å²) in [4.78, 5) is 2.71. The first kappa shape index (κ1) is 13.0. The Kier molecular flexibility index (Phi) is 4.19. The average molecular weight is 212 g/mol. The number of hydrogen-bond acceptors (Lipinski definition) is 2. The highest BCUT2D eigenvalue weighted by atomic mass is 15.3. The fourth-order valence-electron chi connectivity index (χ4n) is 3.27. The lowest BCUT2D eigenvalue weighted by atomic mass is 9.73. The van der Waals surface area contributed by atoms with Gasteiger partial charge in [-0.2, -0.15) is 0 Å².